The van der Waals surface area contributed by atoms with E-state index in [4.69, 9.17) is 4.74 Å². The first kappa shape index (κ1) is 14.9. The highest BCUT2D eigenvalue weighted by Gasteiger charge is 2.14. The summed E-state index contributed by atoms with van der Waals surface area (Å²) in [4.78, 5) is 12.2. The maximum atomic E-state index is 12.2. The molecule has 0 aliphatic carbocycles. The van der Waals surface area contributed by atoms with Gasteiger partial charge in [-0.1, -0.05) is 29.8 Å². The number of rotatable bonds is 5. The predicted molar refractivity (Wildman–Crippen MR) is 85.9 cm³/mol. The Balaban J connectivity index is 2.01. The van der Waals surface area contributed by atoms with Gasteiger partial charge in [-0.3, -0.25) is 4.79 Å². The van der Waals surface area contributed by atoms with Gasteiger partial charge in [0.2, 0.25) is 5.91 Å². The minimum atomic E-state index is -0.373. The lowest BCUT2D eigenvalue weighted by Gasteiger charge is -2.17. The van der Waals surface area contributed by atoms with Gasteiger partial charge in [-0.15, -0.1) is 0 Å². The number of aryl methyl sites for hydroxylation is 1. The number of amides is 1. The summed E-state index contributed by atoms with van der Waals surface area (Å²) in [7, 11) is 1.61. The van der Waals surface area contributed by atoms with E-state index in [1.807, 2.05) is 62.4 Å². The number of carbonyl (C=O) groups is 1. The third kappa shape index (κ3) is 3.99. The number of hydrogen-bond acceptors (Lipinski definition) is 3. The highest BCUT2D eigenvalue weighted by Crippen LogP contribution is 2.23. The molecule has 0 heterocycles. The van der Waals surface area contributed by atoms with Crippen molar-refractivity contribution in [2.45, 2.75) is 19.9 Å². The summed E-state index contributed by atoms with van der Waals surface area (Å²) in [6.07, 6.45) is 0. The fourth-order valence-electron chi connectivity index (χ4n) is 1.95. The highest BCUT2D eigenvalue weighted by molar-refractivity contribution is 5.96. The van der Waals surface area contributed by atoms with Crippen LogP contribution in [0.2, 0.25) is 0 Å². The third-order valence-corrected chi connectivity index (χ3v) is 3.19. The van der Waals surface area contributed by atoms with Crippen LogP contribution in [-0.4, -0.2) is 19.1 Å². The van der Waals surface area contributed by atoms with Crippen molar-refractivity contribution in [3.05, 3.63) is 54.1 Å². The summed E-state index contributed by atoms with van der Waals surface area (Å²) in [5, 5.41) is 6.04. The fraction of sp³-hybridized carbons (Fsp3) is 0.235. The number of ether oxygens (including phenoxy) is 1. The molecule has 1 atom stereocenters. The first-order valence-electron chi connectivity index (χ1n) is 6.87. The van der Waals surface area contributed by atoms with Crippen molar-refractivity contribution in [3.63, 3.8) is 0 Å². The van der Waals surface area contributed by atoms with Crippen LogP contribution < -0.4 is 15.4 Å². The molecule has 0 bridgehead atoms. The molecule has 1 amide bonds. The zero-order valence-corrected chi connectivity index (χ0v) is 12.5. The molecule has 0 fully saturated rings. The molecule has 4 heteroatoms. The van der Waals surface area contributed by atoms with Gasteiger partial charge in [-0.25, -0.2) is 0 Å². The van der Waals surface area contributed by atoms with Crippen LogP contribution in [0.5, 0.6) is 5.75 Å². The maximum absolute atomic E-state index is 12.2. The molecule has 0 saturated carbocycles. The topological polar surface area (TPSA) is 50.4 Å². The molecule has 2 aromatic rings. The second-order valence-electron chi connectivity index (χ2n) is 4.92. The zero-order chi connectivity index (χ0) is 15.2. The summed E-state index contributed by atoms with van der Waals surface area (Å²) in [6.45, 7) is 3.83. The van der Waals surface area contributed by atoms with E-state index in [2.05, 4.69) is 10.6 Å². The van der Waals surface area contributed by atoms with Gasteiger partial charge in [0.15, 0.2) is 0 Å². The molecule has 4 nitrogen and oxygen atoms in total. The Kier molecular flexibility index (Phi) is 4.82. The van der Waals surface area contributed by atoms with Gasteiger partial charge in [0, 0.05) is 5.69 Å². The molecule has 2 N–H and O–H groups in total. The summed E-state index contributed by atoms with van der Waals surface area (Å²) >= 11 is 0. The Bertz CT molecular complexity index is 608. The SMILES string of the molecule is COc1ccccc1N[C@H](C)C(=O)Nc1ccc(C)cc1. The van der Waals surface area contributed by atoms with Crippen molar-refractivity contribution in [1.82, 2.24) is 0 Å². The van der Waals surface area contributed by atoms with E-state index in [1.165, 1.54) is 0 Å². The minimum absolute atomic E-state index is 0.0928. The number of anilines is 2. The largest absolute Gasteiger partial charge is 0.495 e. The van der Waals surface area contributed by atoms with Crippen molar-refractivity contribution in [2.75, 3.05) is 17.7 Å². The van der Waals surface area contributed by atoms with Crippen LogP contribution in [0.3, 0.4) is 0 Å². The molecular weight excluding hydrogens is 264 g/mol. The fourth-order valence-corrected chi connectivity index (χ4v) is 1.95. The molecule has 2 rings (SSSR count). The average molecular weight is 284 g/mol. The van der Waals surface area contributed by atoms with Crippen LogP contribution in [0.1, 0.15) is 12.5 Å². The second kappa shape index (κ2) is 6.79. The number of para-hydroxylation sites is 2. The Morgan fingerprint density at radius 3 is 2.43 bits per heavy atom. The molecule has 2 aromatic carbocycles. The quantitative estimate of drug-likeness (QED) is 0.884. The van der Waals surface area contributed by atoms with Crippen molar-refractivity contribution in [1.29, 1.82) is 0 Å². The predicted octanol–water partition coefficient (Wildman–Crippen LogP) is 3.44. The van der Waals surface area contributed by atoms with E-state index in [-0.39, 0.29) is 11.9 Å². The Morgan fingerprint density at radius 2 is 1.76 bits per heavy atom. The lowest BCUT2D eigenvalue weighted by Crippen LogP contribution is -2.32. The molecule has 21 heavy (non-hydrogen) atoms. The molecule has 0 aliphatic heterocycles. The van der Waals surface area contributed by atoms with Crippen LogP contribution >= 0.6 is 0 Å². The summed E-state index contributed by atoms with van der Waals surface area (Å²) in [5.74, 6) is 0.622. The average Bonchev–Trinajstić information content (AvgIpc) is 2.50. The lowest BCUT2D eigenvalue weighted by atomic mass is 10.2. The Hall–Kier alpha value is -2.49. The Labute approximate surface area is 125 Å². The number of nitrogens with one attached hydrogen (secondary N) is 2. The third-order valence-electron chi connectivity index (χ3n) is 3.19. The summed E-state index contributed by atoms with van der Waals surface area (Å²) in [5.41, 5.74) is 2.75. The van der Waals surface area contributed by atoms with Crippen molar-refractivity contribution in [2.24, 2.45) is 0 Å². The van der Waals surface area contributed by atoms with Gasteiger partial charge >= 0.3 is 0 Å². The van der Waals surface area contributed by atoms with Crippen LogP contribution in [0.15, 0.2) is 48.5 Å². The molecular formula is C17H20N2O2. The normalized spacial score (nSPS) is 11.6. The molecule has 0 radical (unpaired) electrons. The molecule has 0 aliphatic rings. The number of methoxy groups -OCH3 is 1. The van der Waals surface area contributed by atoms with Crippen LogP contribution in [-0.2, 0) is 4.79 Å². The van der Waals surface area contributed by atoms with Gasteiger partial charge in [-0.2, -0.15) is 0 Å². The molecule has 110 valence electrons. The van der Waals surface area contributed by atoms with Crippen LogP contribution in [0, 0.1) is 6.92 Å². The van der Waals surface area contributed by atoms with E-state index < -0.39 is 0 Å². The standard InChI is InChI=1S/C17H20N2O2/c1-12-8-10-14(11-9-12)19-17(20)13(2)18-15-6-4-5-7-16(15)21-3/h4-11,13,18H,1-3H3,(H,19,20)/t13-/m1/s1. The van der Waals surface area contributed by atoms with Crippen LogP contribution in [0.25, 0.3) is 0 Å². The van der Waals surface area contributed by atoms with Gasteiger partial charge in [0.05, 0.1) is 12.8 Å². The van der Waals surface area contributed by atoms with Gasteiger partial charge in [-0.05, 0) is 38.1 Å². The van der Waals surface area contributed by atoms with Crippen molar-refractivity contribution < 1.29 is 9.53 Å². The highest BCUT2D eigenvalue weighted by atomic mass is 16.5. The first-order valence-corrected chi connectivity index (χ1v) is 6.87. The first-order chi connectivity index (χ1) is 10.1. The number of benzene rings is 2. The van der Waals surface area contributed by atoms with Crippen molar-refractivity contribution >= 4 is 17.3 Å². The maximum Gasteiger partial charge on any atom is 0.246 e. The zero-order valence-electron chi connectivity index (χ0n) is 12.5. The van der Waals surface area contributed by atoms with Crippen molar-refractivity contribution in [3.8, 4) is 5.75 Å². The van der Waals surface area contributed by atoms with E-state index in [0.29, 0.717) is 5.75 Å². The number of carbonyl (C=O) groups excluding carboxylic acids is 1. The minimum Gasteiger partial charge on any atom is -0.495 e. The lowest BCUT2D eigenvalue weighted by molar-refractivity contribution is -0.116. The smallest absolute Gasteiger partial charge is 0.246 e. The summed E-state index contributed by atoms with van der Waals surface area (Å²) < 4.78 is 5.26. The molecule has 0 spiro atoms. The van der Waals surface area contributed by atoms with E-state index >= 15 is 0 Å². The Morgan fingerprint density at radius 1 is 1.10 bits per heavy atom. The van der Waals surface area contributed by atoms with E-state index in [9.17, 15) is 4.79 Å². The molecule has 0 unspecified atom stereocenters. The number of hydrogen-bond donors (Lipinski definition) is 2. The van der Waals surface area contributed by atoms with Crippen LogP contribution in [0.4, 0.5) is 11.4 Å². The monoisotopic (exact) mass is 284 g/mol. The van der Waals surface area contributed by atoms with Gasteiger partial charge in [0.25, 0.3) is 0 Å². The van der Waals surface area contributed by atoms with Gasteiger partial charge < -0.3 is 15.4 Å². The van der Waals surface area contributed by atoms with Gasteiger partial charge in [0.1, 0.15) is 11.8 Å². The second-order valence-corrected chi connectivity index (χ2v) is 4.92. The molecule has 0 saturated heterocycles. The van der Waals surface area contributed by atoms with E-state index in [1.54, 1.807) is 7.11 Å². The summed E-state index contributed by atoms with van der Waals surface area (Å²) in [6, 6.07) is 14.9. The van der Waals surface area contributed by atoms with E-state index in [0.717, 1.165) is 16.9 Å². The molecule has 0 aromatic heterocycles.